The van der Waals surface area contributed by atoms with E-state index >= 15 is 0 Å². The zero-order valence-corrected chi connectivity index (χ0v) is 19.7. The number of benzene rings is 1. The average Bonchev–Trinajstić information content (AvgIpc) is 3.44. The molecule has 3 aromatic heterocycles. The molecule has 3 heterocycles. The monoisotopic (exact) mass is 460 g/mol. The Morgan fingerprint density at radius 1 is 1.12 bits per heavy atom. The lowest BCUT2D eigenvalue weighted by molar-refractivity contribution is 0.0933. The maximum absolute atomic E-state index is 13.2. The van der Waals surface area contributed by atoms with Crippen LogP contribution in [0.25, 0.3) is 11.0 Å². The summed E-state index contributed by atoms with van der Waals surface area (Å²) in [4.78, 5) is 30.8. The quantitative estimate of drug-likeness (QED) is 0.397. The Morgan fingerprint density at radius 3 is 2.53 bits per heavy atom. The molecule has 0 radical (unpaired) electrons. The van der Waals surface area contributed by atoms with Crippen LogP contribution in [-0.2, 0) is 20.0 Å². The largest absolute Gasteiger partial charge is 0.488 e. The van der Waals surface area contributed by atoms with Crippen molar-refractivity contribution in [1.82, 2.24) is 14.9 Å². The third kappa shape index (κ3) is 4.66. The SMILES string of the molecule is CCc1nc2c(cc1NC(=O)c1ccccc1)c(OC(C)C)c(C(=O)NCc1ccco1)n2C. The molecule has 0 saturated heterocycles. The van der Waals surface area contributed by atoms with Gasteiger partial charge in [0.15, 0.2) is 11.4 Å². The highest BCUT2D eigenvalue weighted by Crippen LogP contribution is 2.35. The number of carbonyl (C=O) groups is 2. The summed E-state index contributed by atoms with van der Waals surface area (Å²) in [6.07, 6.45) is 1.99. The van der Waals surface area contributed by atoms with Crippen molar-refractivity contribution in [2.75, 3.05) is 5.32 Å². The predicted molar refractivity (Wildman–Crippen MR) is 130 cm³/mol. The second kappa shape index (κ2) is 9.82. The van der Waals surface area contributed by atoms with Crippen molar-refractivity contribution >= 4 is 28.5 Å². The summed E-state index contributed by atoms with van der Waals surface area (Å²) in [6.45, 7) is 6.02. The average molecular weight is 461 g/mol. The Hall–Kier alpha value is -4.07. The van der Waals surface area contributed by atoms with E-state index in [0.29, 0.717) is 45.9 Å². The number of nitrogens with zero attached hydrogens (tertiary/aromatic N) is 2. The molecule has 0 unspecified atom stereocenters. The van der Waals surface area contributed by atoms with E-state index in [4.69, 9.17) is 14.1 Å². The topological polar surface area (TPSA) is 98.4 Å². The molecule has 0 fully saturated rings. The molecular formula is C26H28N4O4. The molecule has 0 aliphatic heterocycles. The van der Waals surface area contributed by atoms with Crippen LogP contribution in [0.3, 0.4) is 0 Å². The van der Waals surface area contributed by atoms with Gasteiger partial charge in [-0.25, -0.2) is 4.98 Å². The molecule has 4 rings (SSSR count). The fourth-order valence-corrected chi connectivity index (χ4v) is 3.79. The maximum atomic E-state index is 13.2. The van der Waals surface area contributed by atoms with Gasteiger partial charge in [0.1, 0.15) is 11.4 Å². The summed E-state index contributed by atoms with van der Waals surface area (Å²) in [7, 11) is 1.78. The first-order valence-electron chi connectivity index (χ1n) is 11.2. The molecule has 2 amide bonds. The van der Waals surface area contributed by atoms with Gasteiger partial charge >= 0.3 is 0 Å². The molecule has 34 heavy (non-hydrogen) atoms. The maximum Gasteiger partial charge on any atom is 0.272 e. The second-order valence-corrected chi connectivity index (χ2v) is 8.19. The number of amides is 2. The summed E-state index contributed by atoms with van der Waals surface area (Å²) in [5.74, 6) is 0.543. The van der Waals surface area contributed by atoms with E-state index in [1.54, 1.807) is 42.1 Å². The van der Waals surface area contributed by atoms with E-state index in [-0.39, 0.29) is 24.5 Å². The van der Waals surface area contributed by atoms with Crippen LogP contribution in [0.1, 0.15) is 53.1 Å². The lowest BCUT2D eigenvalue weighted by atomic mass is 10.1. The normalized spacial score (nSPS) is 11.1. The molecule has 0 bridgehead atoms. The Bertz CT molecular complexity index is 1310. The lowest BCUT2D eigenvalue weighted by Crippen LogP contribution is -2.25. The minimum atomic E-state index is -0.305. The van der Waals surface area contributed by atoms with Crippen molar-refractivity contribution in [1.29, 1.82) is 0 Å². The molecule has 2 N–H and O–H groups in total. The lowest BCUT2D eigenvalue weighted by Gasteiger charge is -2.13. The van der Waals surface area contributed by atoms with Gasteiger partial charge in [-0.2, -0.15) is 0 Å². The van der Waals surface area contributed by atoms with Gasteiger partial charge in [0.2, 0.25) is 0 Å². The summed E-state index contributed by atoms with van der Waals surface area (Å²) >= 11 is 0. The van der Waals surface area contributed by atoms with Crippen LogP contribution in [-0.4, -0.2) is 27.5 Å². The first-order chi connectivity index (χ1) is 16.4. The van der Waals surface area contributed by atoms with Gasteiger partial charge in [-0.15, -0.1) is 0 Å². The number of fused-ring (bicyclic) bond motifs is 1. The zero-order valence-electron chi connectivity index (χ0n) is 19.7. The Labute approximate surface area is 197 Å². The number of pyridine rings is 1. The van der Waals surface area contributed by atoms with E-state index in [9.17, 15) is 9.59 Å². The molecular weight excluding hydrogens is 432 g/mol. The molecule has 0 aliphatic carbocycles. The highest BCUT2D eigenvalue weighted by molar-refractivity contribution is 6.07. The predicted octanol–water partition coefficient (Wildman–Crippen LogP) is 4.70. The van der Waals surface area contributed by atoms with Gasteiger partial charge in [0.05, 0.1) is 35.7 Å². The molecule has 0 saturated carbocycles. The van der Waals surface area contributed by atoms with Crippen LogP contribution in [0.5, 0.6) is 5.75 Å². The number of hydrogen-bond donors (Lipinski definition) is 2. The molecule has 0 aliphatic rings. The van der Waals surface area contributed by atoms with Crippen molar-refractivity contribution in [2.24, 2.45) is 7.05 Å². The summed E-state index contributed by atoms with van der Waals surface area (Å²) < 4.78 is 13.1. The van der Waals surface area contributed by atoms with Crippen LogP contribution < -0.4 is 15.4 Å². The second-order valence-electron chi connectivity index (χ2n) is 8.19. The minimum Gasteiger partial charge on any atom is -0.488 e. The third-order valence-corrected chi connectivity index (χ3v) is 5.39. The number of ether oxygens (including phenoxy) is 1. The zero-order chi connectivity index (χ0) is 24.2. The highest BCUT2D eigenvalue weighted by atomic mass is 16.5. The fourth-order valence-electron chi connectivity index (χ4n) is 3.79. The van der Waals surface area contributed by atoms with Gasteiger partial charge in [0.25, 0.3) is 11.8 Å². The molecule has 0 spiro atoms. The summed E-state index contributed by atoms with van der Waals surface area (Å²) in [5, 5.41) is 6.51. The van der Waals surface area contributed by atoms with E-state index in [0.717, 1.165) is 5.69 Å². The molecule has 8 nitrogen and oxygen atoms in total. The van der Waals surface area contributed by atoms with E-state index in [2.05, 4.69) is 10.6 Å². The highest BCUT2D eigenvalue weighted by Gasteiger charge is 2.26. The van der Waals surface area contributed by atoms with Crippen LogP contribution in [0.2, 0.25) is 0 Å². The number of furan rings is 1. The molecule has 0 atom stereocenters. The number of rotatable bonds is 8. The minimum absolute atomic E-state index is 0.171. The van der Waals surface area contributed by atoms with Crippen LogP contribution >= 0.6 is 0 Å². The van der Waals surface area contributed by atoms with Crippen molar-refractivity contribution in [2.45, 2.75) is 39.8 Å². The van der Waals surface area contributed by atoms with Crippen LogP contribution in [0, 0.1) is 0 Å². The van der Waals surface area contributed by atoms with E-state index < -0.39 is 0 Å². The number of nitrogens with one attached hydrogen (secondary N) is 2. The smallest absolute Gasteiger partial charge is 0.272 e. The van der Waals surface area contributed by atoms with Crippen molar-refractivity contribution in [3.8, 4) is 5.75 Å². The first kappa shape index (κ1) is 23.1. The Kier molecular flexibility index (Phi) is 6.67. The van der Waals surface area contributed by atoms with Crippen molar-refractivity contribution in [3.63, 3.8) is 0 Å². The number of hydrogen-bond acceptors (Lipinski definition) is 5. The number of anilines is 1. The number of aryl methyl sites for hydroxylation is 2. The standard InChI is InChI=1S/C26H28N4O4/c1-5-20-21(29-25(31)17-10-7-6-8-11-17)14-19-23(34-16(2)3)22(30(4)24(19)28-20)26(32)27-15-18-12-9-13-33-18/h6-14,16H,5,15H2,1-4H3,(H,27,32)(H,29,31). The van der Waals surface area contributed by atoms with Crippen molar-refractivity contribution in [3.05, 3.63) is 77.5 Å². The van der Waals surface area contributed by atoms with Gasteiger partial charge < -0.3 is 24.4 Å². The van der Waals surface area contributed by atoms with Gasteiger partial charge in [0, 0.05) is 12.6 Å². The molecule has 4 aromatic rings. The molecule has 8 heteroatoms. The summed E-state index contributed by atoms with van der Waals surface area (Å²) in [6, 6.07) is 14.4. The van der Waals surface area contributed by atoms with E-state index in [1.807, 2.05) is 45.0 Å². The third-order valence-electron chi connectivity index (χ3n) is 5.39. The van der Waals surface area contributed by atoms with Crippen LogP contribution in [0.15, 0.2) is 59.2 Å². The number of aromatic nitrogens is 2. The van der Waals surface area contributed by atoms with Gasteiger partial charge in [-0.05, 0) is 50.6 Å². The van der Waals surface area contributed by atoms with Gasteiger partial charge in [-0.3, -0.25) is 9.59 Å². The van der Waals surface area contributed by atoms with Gasteiger partial charge in [-0.1, -0.05) is 25.1 Å². The summed E-state index contributed by atoms with van der Waals surface area (Å²) in [5.41, 5.74) is 2.82. The van der Waals surface area contributed by atoms with E-state index in [1.165, 1.54) is 0 Å². The number of carbonyl (C=O) groups excluding carboxylic acids is 2. The molecule has 1 aromatic carbocycles. The Morgan fingerprint density at radius 2 is 1.88 bits per heavy atom. The first-order valence-corrected chi connectivity index (χ1v) is 11.2. The molecule has 176 valence electrons. The fraction of sp³-hybridized carbons (Fsp3) is 0.269. The Balaban J connectivity index is 1.76. The van der Waals surface area contributed by atoms with Crippen LogP contribution in [0.4, 0.5) is 5.69 Å². The van der Waals surface area contributed by atoms with Crippen molar-refractivity contribution < 1.29 is 18.7 Å².